The number of hydrogen-bond acceptors (Lipinski definition) is 3. The first kappa shape index (κ1) is 12.9. The summed E-state index contributed by atoms with van der Waals surface area (Å²) in [5.41, 5.74) is 1.70. The third kappa shape index (κ3) is 2.82. The second-order valence-electron chi connectivity index (χ2n) is 4.99. The van der Waals surface area contributed by atoms with Gasteiger partial charge < -0.3 is 14.9 Å². The van der Waals surface area contributed by atoms with Crippen LogP contribution in [0, 0.1) is 0 Å². The molecule has 1 aromatic carbocycles. The molecular formula is C14H20N2O2. The molecule has 1 aliphatic heterocycles. The van der Waals surface area contributed by atoms with Gasteiger partial charge in [-0.25, -0.2) is 0 Å². The molecule has 1 aromatic rings. The summed E-state index contributed by atoms with van der Waals surface area (Å²) in [6.07, 6.45) is 1.29. The Bertz CT molecular complexity index is 432. The van der Waals surface area contributed by atoms with E-state index in [1.807, 2.05) is 43.3 Å². The van der Waals surface area contributed by atoms with Gasteiger partial charge in [0.1, 0.15) is 0 Å². The molecule has 0 unspecified atom stereocenters. The Hall–Kier alpha value is -1.55. The molecule has 1 atom stereocenters. The van der Waals surface area contributed by atoms with Crippen LogP contribution >= 0.6 is 0 Å². The summed E-state index contributed by atoms with van der Waals surface area (Å²) in [6, 6.07) is 7.59. The maximum absolute atomic E-state index is 12.3. The Morgan fingerprint density at radius 2 is 2.22 bits per heavy atom. The van der Waals surface area contributed by atoms with Crippen LogP contribution in [0.1, 0.15) is 23.2 Å². The lowest BCUT2D eigenvalue weighted by Gasteiger charge is -2.30. The molecule has 0 bridgehead atoms. The van der Waals surface area contributed by atoms with E-state index in [-0.39, 0.29) is 12.0 Å². The van der Waals surface area contributed by atoms with Gasteiger partial charge in [-0.2, -0.15) is 0 Å². The predicted molar refractivity (Wildman–Crippen MR) is 71.9 cm³/mol. The molecule has 1 amide bonds. The molecule has 0 spiro atoms. The van der Waals surface area contributed by atoms with Crippen LogP contribution in [0.25, 0.3) is 0 Å². The summed E-state index contributed by atoms with van der Waals surface area (Å²) >= 11 is 0. The van der Waals surface area contributed by atoms with Gasteiger partial charge in [0.15, 0.2) is 0 Å². The molecule has 0 saturated carbocycles. The van der Waals surface area contributed by atoms with Crippen LogP contribution < -0.4 is 4.90 Å². The molecule has 0 aliphatic carbocycles. The van der Waals surface area contributed by atoms with Crippen molar-refractivity contribution >= 4 is 11.6 Å². The topological polar surface area (TPSA) is 43.8 Å². The molecule has 98 valence electrons. The maximum atomic E-state index is 12.3. The van der Waals surface area contributed by atoms with E-state index in [0.717, 1.165) is 25.1 Å². The Labute approximate surface area is 108 Å². The number of β-amino-alcohol motifs (C(OH)–C–C–N with tert-alkyl or cyclic N) is 1. The fourth-order valence-electron chi connectivity index (χ4n) is 2.24. The first-order valence-electron chi connectivity index (χ1n) is 6.32. The monoisotopic (exact) mass is 248 g/mol. The SMILES string of the molecule is CN(C)c1cccc(C(=O)N2CCC[C@H](O)C2)c1. The number of rotatable bonds is 2. The average molecular weight is 248 g/mol. The molecule has 1 N–H and O–H groups in total. The number of amides is 1. The lowest BCUT2D eigenvalue weighted by Crippen LogP contribution is -2.42. The van der Waals surface area contributed by atoms with Crippen molar-refractivity contribution in [3.63, 3.8) is 0 Å². The molecule has 1 saturated heterocycles. The van der Waals surface area contributed by atoms with E-state index in [1.165, 1.54) is 0 Å². The standard InChI is InChI=1S/C14H20N2O2/c1-15(2)12-6-3-5-11(9-12)14(18)16-8-4-7-13(17)10-16/h3,5-6,9,13,17H,4,7-8,10H2,1-2H3/t13-/m0/s1. The molecule has 1 fully saturated rings. The van der Waals surface area contributed by atoms with E-state index in [2.05, 4.69) is 0 Å². The number of aliphatic hydroxyl groups excluding tert-OH is 1. The lowest BCUT2D eigenvalue weighted by molar-refractivity contribution is 0.0474. The molecule has 18 heavy (non-hydrogen) atoms. The maximum Gasteiger partial charge on any atom is 0.254 e. The van der Waals surface area contributed by atoms with Gasteiger partial charge in [0.05, 0.1) is 6.10 Å². The Kier molecular flexibility index (Phi) is 3.87. The zero-order valence-electron chi connectivity index (χ0n) is 11.0. The van der Waals surface area contributed by atoms with E-state index < -0.39 is 0 Å². The van der Waals surface area contributed by atoms with Crippen molar-refractivity contribution in [1.82, 2.24) is 4.90 Å². The number of likely N-dealkylation sites (tertiary alicyclic amines) is 1. The highest BCUT2D eigenvalue weighted by molar-refractivity contribution is 5.95. The predicted octanol–water partition coefficient (Wildman–Crippen LogP) is 1.35. The van der Waals surface area contributed by atoms with Crippen LogP contribution in [-0.2, 0) is 0 Å². The lowest BCUT2D eigenvalue weighted by atomic mass is 10.1. The minimum Gasteiger partial charge on any atom is -0.391 e. The number of carbonyl (C=O) groups is 1. The number of piperidine rings is 1. The second kappa shape index (κ2) is 5.40. The van der Waals surface area contributed by atoms with Gasteiger partial charge in [-0.3, -0.25) is 4.79 Å². The first-order chi connectivity index (χ1) is 8.58. The zero-order valence-corrected chi connectivity index (χ0v) is 11.0. The highest BCUT2D eigenvalue weighted by Gasteiger charge is 2.23. The van der Waals surface area contributed by atoms with Crippen molar-refractivity contribution in [2.45, 2.75) is 18.9 Å². The van der Waals surface area contributed by atoms with Crippen LogP contribution in [0.15, 0.2) is 24.3 Å². The number of hydrogen-bond donors (Lipinski definition) is 1. The fourth-order valence-corrected chi connectivity index (χ4v) is 2.24. The average Bonchev–Trinajstić information content (AvgIpc) is 2.38. The number of nitrogens with zero attached hydrogens (tertiary/aromatic N) is 2. The normalized spacial score (nSPS) is 19.7. The Morgan fingerprint density at radius 3 is 2.89 bits per heavy atom. The summed E-state index contributed by atoms with van der Waals surface area (Å²) in [7, 11) is 3.91. The smallest absolute Gasteiger partial charge is 0.254 e. The van der Waals surface area contributed by atoms with Gasteiger partial charge in [-0.05, 0) is 31.0 Å². The Balaban J connectivity index is 2.15. The van der Waals surface area contributed by atoms with Gasteiger partial charge >= 0.3 is 0 Å². The van der Waals surface area contributed by atoms with E-state index in [0.29, 0.717) is 12.1 Å². The quantitative estimate of drug-likeness (QED) is 0.859. The van der Waals surface area contributed by atoms with E-state index in [4.69, 9.17) is 0 Å². The summed E-state index contributed by atoms with van der Waals surface area (Å²) in [5, 5.41) is 9.62. The second-order valence-corrected chi connectivity index (χ2v) is 4.99. The van der Waals surface area contributed by atoms with E-state index >= 15 is 0 Å². The van der Waals surface area contributed by atoms with Crippen LogP contribution in [-0.4, -0.2) is 49.2 Å². The number of aliphatic hydroxyl groups is 1. The van der Waals surface area contributed by atoms with Gasteiger partial charge in [-0.1, -0.05) is 6.07 Å². The molecule has 0 aromatic heterocycles. The van der Waals surface area contributed by atoms with Crippen molar-refractivity contribution in [3.8, 4) is 0 Å². The van der Waals surface area contributed by atoms with Crippen LogP contribution in [0.3, 0.4) is 0 Å². The van der Waals surface area contributed by atoms with Crippen molar-refractivity contribution in [2.75, 3.05) is 32.1 Å². The van der Waals surface area contributed by atoms with E-state index in [1.54, 1.807) is 4.90 Å². The highest BCUT2D eigenvalue weighted by atomic mass is 16.3. The molecule has 1 heterocycles. The summed E-state index contributed by atoms with van der Waals surface area (Å²) in [5.74, 6) is 0.0115. The summed E-state index contributed by atoms with van der Waals surface area (Å²) < 4.78 is 0. The van der Waals surface area contributed by atoms with Crippen molar-refractivity contribution < 1.29 is 9.90 Å². The fraction of sp³-hybridized carbons (Fsp3) is 0.500. The van der Waals surface area contributed by atoms with Gasteiger partial charge in [0, 0.05) is 38.4 Å². The minimum absolute atomic E-state index is 0.0115. The molecule has 4 nitrogen and oxygen atoms in total. The highest BCUT2D eigenvalue weighted by Crippen LogP contribution is 2.17. The van der Waals surface area contributed by atoms with Gasteiger partial charge in [0.2, 0.25) is 0 Å². The molecular weight excluding hydrogens is 228 g/mol. The molecule has 1 aliphatic rings. The van der Waals surface area contributed by atoms with Crippen molar-refractivity contribution in [3.05, 3.63) is 29.8 Å². The first-order valence-corrected chi connectivity index (χ1v) is 6.32. The largest absolute Gasteiger partial charge is 0.391 e. The number of carbonyl (C=O) groups excluding carboxylic acids is 1. The van der Waals surface area contributed by atoms with Crippen LogP contribution in [0.2, 0.25) is 0 Å². The Morgan fingerprint density at radius 1 is 1.44 bits per heavy atom. The van der Waals surface area contributed by atoms with Crippen LogP contribution in [0.5, 0.6) is 0 Å². The minimum atomic E-state index is -0.375. The third-order valence-electron chi connectivity index (χ3n) is 3.29. The summed E-state index contributed by atoms with van der Waals surface area (Å²) in [4.78, 5) is 16.0. The number of benzene rings is 1. The number of anilines is 1. The molecule has 2 rings (SSSR count). The van der Waals surface area contributed by atoms with Crippen molar-refractivity contribution in [2.24, 2.45) is 0 Å². The zero-order chi connectivity index (χ0) is 13.1. The third-order valence-corrected chi connectivity index (χ3v) is 3.29. The molecule has 4 heteroatoms. The summed E-state index contributed by atoms with van der Waals surface area (Å²) in [6.45, 7) is 1.19. The van der Waals surface area contributed by atoms with Crippen LogP contribution in [0.4, 0.5) is 5.69 Å². The van der Waals surface area contributed by atoms with Gasteiger partial charge in [0.25, 0.3) is 5.91 Å². The molecule has 0 radical (unpaired) electrons. The van der Waals surface area contributed by atoms with Crippen molar-refractivity contribution in [1.29, 1.82) is 0 Å². The van der Waals surface area contributed by atoms with E-state index in [9.17, 15) is 9.90 Å². The van der Waals surface area contributed by atoms with Gasteiger partial charge in [-0.15, -0.1) is 0 Å².